The summed E-state index contributed by atoms with van der Waals surface area (Å²) in [6, 6.07) is 11.0. The zero-order valence-electron chi connectivity index (χ0n) is 18.9. The van der Waals surface area contributed by atoms with Gasteiger partial charge < -0.3 is 4.90 Å². The first-order chi connectivity index (χ1) is 15.7. The largest absolute Gasteiger partial charge is 0.328 e. The SMILES string of the molecule is [2H]C1([2H])c2ncccc2C(=O)N1Cc1c(F)cc(-c2cccc3c2cnn3C(C)C)cc1F. The standard InChI is InChI=1S/C24H20F2N4O/c1-14(2)30-23-7-3-5-16(18(23)11-28-30)15-9-20(25)19(21(26)10-15)12-29-13-22-17(24(29)31)6-4-8-27-22/h3-11,14H,12-13H2,1-2H3/i13D2. The van der Waals surface area contributed by atoms with Gasteiger partial charge in [0.1, 0.15) is 11.6 Å². The van der Waals surface area contributed by atoms with Gasteiger partial charge in [0.05, 0.1) is 38.8 Å². The lowest BCUT2D eigenvalue weighted by Crippen LogP contribution is -2.24. The summed E-state index contributed by atoms with van der Waals surface area (Å²) in [6.45, 7) is 1.16. The van der Waals surface area contributed by atoms with E-state index in [0.717, 1.165) is 15.8 Å². The lowest BCUT2D eigenvalue weighted by molar-refractivity contribution is 0.0763. The summed E-state index contributed by atoms with van der Waals surface area (Å²) in [5, 5.41) is 5.16. The predicted molar refractivity (Wildman–Crippen MR) is 113 cm³/mol. The Kier molecular flexibility index (Phi) is 4.01. The highest BCUT2D eigenvalue weighted by atomic mass is 19.1. The molecule has 2 aromatic heterocycles. The molecular weight excluding hydrogens is 398 g/mol. The molecule has 4 aromatic rings. The molecule has 1 aliphatic heterocycles. The highest BCUT2D eigenvalue weighted by Crippen LogP contribution is 2.33. The van der Waals surface area contributed by atoms with Crippen molar-refractivity contribution in [2.75, 3.05) is 0 Å². The van der Waals surface area contributed by atoms with Crippen LogP contribution < -0.4 is 0 Å². The third kappa shape index (κ3) is 3.17. The van der Waals surface area contributed by atoms with Gasteiger partial charge >= 0.3 is 0 Å². The lowest BCUT2D eigenvalue weighted by atomic mass is 9.99. The summed E-state index contributed by atoms with van der Waals surface area (Å²) in [4.78, 5) is 17.5. The number of rotatable bonds is 4. The number of pyridine rings is 1. The second-order valence-electron chi connectivity index (χ2n) is 7.74. The summed E-state index contributed by atoms with van der Waals surface area (Å²) in [6.07, 6.45) is 3.06. The molecule has 0 bridgehead atoms. The van der Waals surface area contributed by atoms with E-state index in [2.05, 4.69) is 10.1 Å². The van der Waals surface area contributed by atoms with Gasteiger partial charge in [-0.15, -0.1) is 0 Å². The van der Waals surface area contributed by atoms with Crippen LogP contribution in [0, 0.1) is 11.6 Å². The zero-order valence-corrected chi connectivity index (χ0v) is 16.9. The van der Waals surface area contributed by atoms with Crippen LogP contribution >= 0.6 is 0 Å². The summed E-state index contributed by atoms with van der Waals surface area (Å²) >= 11 is 0. The van der Waals surface area contributed by atoms with Gasteiger partial charge in [0, 0.05) is 23.2 Å². The second kappa shape index (κ2) is 7.27. The number of hydrogen-bond donors (Lipinski definition) is 0. The van der Waals surface area contributed by atoms with E-state index >= 15 is 8.78 Å². The highest BCUT2D eigenvalue weighted by Gasteiger charge is 2.29. The maximum absolute atomic E-state index is 15.2. The molecule has 0 radical (unpaired) electrons. The van der Waals surface area contributed by atoms with Gasteiger partial charge in [0.2, 0.25) is 0 Å². The maximum atomic E-state index is 15.2. The zero-order chi connectivity index (χ0) is 23.5. The van der Waals surface area contributed by atoms with Crippen LogP contribution in [0.25, 0.3) is 22.0 Å². The van der Waals surface area contributed by atoms with E-state index in [-0.39, 0.29) is 22.9 Å². The number of aromatic nitrogens is 3. The van der Waals surface area contributed by atoms with Crippen molar-refractivity contribution in [1.29, 1.82) is 0 Å². The van der Waals surface area contributed by atoms with Gasteiger partial charge in [-0.2, -0.15) is 5.10 Å². The molecule has 31 heavy (non-hydrogen) atoms. The average Bonchev–Trinajstić information content (AvgIpc) is 3.29. The van der Waals surface area contributed by atoms with Crippen LogP contribution in [-0.4, -0.2) is 25.6 Å². The number of nitrogens with zero attached hydrogens (tertiary/aromatic N) is 4. The quantitative estimate of drug-likeness (QED) is 0.461. The number of fused-ring (bicyclic) bond motifs is 2. The van der Waals surface area contributed by atoms with E-state index in [1.807, 2.05) is 30.7 Å². The van der Waals surface area contributed by atoms with Gasteiger partial charge in [0.15, 0.2) is 0 Å². The molecule has 0 unspecified atom stereocenters. The number of hydrogen-bond acceptors (Lipinski definition) is 3. The smallest absolute Gasteiger partial charge is 0.256 e. The molecule has 1 aliphatic rings. The first kappa shape index (κ1) is 17.1. The molecule has 0 fully saturated rings. The fraction of sp³-hybridized carbons (Fsp3) is 0.208. The fourth-order valence-corrected chi connectivity index (χ4v) is 3.90. The van der Waals surface area contributed by atoms with Crippen LogP contribution in [0.2, 0.25) is 0 Å². The number of benzene rings is 2. The topological polar surface area (TPSA) is 51.0 Å². The highest BCUT2D eigenvalue weighted by molar-refractivity contribution is 5.97. The molecule has 1 amide bonds. The Balaban J connectivity index is 1.54. The Morgan fingerprint density at radius 3 is 2.58 bits per heavy atom. The van der Waals surface area contributed by atoms with Crippen molar-refractivity contribution in [2.45, 2.75) is 32.9 Å². The second-order valence-corrected chi connectivity index (χ2v) is 7.74. The summed E-state index contributed by atoms with van der Waals surface area (Å²) < 4.78 is 48.8. The van der Waals surface area contributed by atoms with Crippen LogP contribution in [0.3, 0.4) is 0 Å². The minimum Gasteiger partial charge on any atom is -0.328 e. The molecule has 2 aromatic carbocycles. The van der Waals surface area contributed by atoms with E-state index in [1.165, 1.54) is 30.5 Å². The summed E-state index contributed by atoms with van der Waals surface area (Å²) in [5.74, 6) is -2.37. The normalized spacial score (nSPS) is 16.0. The van der Waals surface area contributed by atoms with E-state index in [0.29, 0.717) is 11.1 Å². The van der Waals surface area contributed by atoms with Gasteiger partial charge in [-0.1, -0.05) is 12.1 Å². The molecule has 0 N–H and O–H groups in total. The summed E-state index contributed by atoms with van der Waals surface area (Å²) in [5.41, 5.74) is 1.48. The van der Waals surface area contributed by atoms with Crippen LogP contribution in [0.4, 0.5) is 8.78 Å². The Morgan fingerprint density at radius 1 is 1.13 bits per heavy atom. The predicted octanol–water partition coefficient (Wildman–Crippen LogP) is 5.11. The molecule has 5 rings (SSSR count). The van der Waals surface area contributed by atoms with Crippen LogP contribution in [-0.2, 0) is 13.0 Å². The lowest BCUT2D eigenvalue weighted by Gasteiger charge is -2.17. The molecule has 5 nitrogen and oxygen atoms in total. The molecular formula is C24H20F2N4O. The van der Waals surface area contributed by atoms with Gasteiger partial charge in [-0.05, 0) is 55.3 Å². The molecule has 0 atom stereocenters. The molecule has 7 heteroatoms. The van der Waals surface area contributed by atoms with Crippen LogP contribution in [0.15, 0.2) is 54.9 Å². The van der Waals surface area contributed by atoms with E-state index < -0.39 is 30.6 Å². The molecule has 156 valence electrons. The molecule has 0 spiro atoms. The minimum absolute atomic E-state index is 0.0544. The van der Waals surface area contributed by atoms with E-state index in [1.54, 1.807) is 12.3 Å². The maximum Gasteiger partial charge on any atom is 0.256 e. The van der Waals surface area contributed by atoms with E-state index in [4.69, 9.17) is 2.74 Å². The number of carbonyl (C=O) groups excluding carboxylic acids is 1. The van der Waals surface area contributed by atoms with Crippen molar-refractivity contribution in [3.63, 3.8) is 0 Å². The Bertz CT molecular complexity index is 1390. The molecule has 3 heterocycles. The average molecular weight is 420 g/mol. The van der Waals surface area contributed by atoms with Gasteiger partial charge in [-0.3, -0.25) is 14.5 Å². The van der Waals surface area contributed by atoms with E-state index in [9.17, 15) is 4.79 Å². The molecule has 0 saturated carbocycles. The van der Waals surface area contributed by atoms with Crippen molar-refractivity contribution in [3.8, 4) is 11.1 Å². The summed E-state index contributed by atoms with van der Waals surface area (Å²) in [7, 11) is 0. The van der Waals surface area contributed by atoms with Crippen molar-refractivity contribution in [2.24, 2.45) is 0 Å². The monoisotopic (exact) mass is 420 g/mol. The van der Waals surface area contributed by atoms with Crippen molar-refractivity contribution >= 4 is 16.8 Å². The fourth-order valence-electron chi connectivity index (χ4n) is 3.90. The van der Waals surface area contributed by atoms with Crippen molar-refractivity contribution in [3.05, 3.63) is 83.3 Å². The molecule has 0 aliphatic carbocycles. The number of carbonyl (C=O) groups is 1. The van der Waals surface area contributed by atoms with Crippen LogP contribution in [0.5, 0.6) is 0 Å². The Hall–Kier alpha value is -3.61. The Morgan fingerprint density at radius 2 is 1.87 bits per heavy atom. The van der Waals surface area contributed by atoms with Crippen LogP contribution in [0.1, 0.15) is 44.2 Å². The first-order valence-electron chi connectivity index (χ1n) is 10.9. The third-order valence-corrected chi connectivity index (χ3v) is 5.42. The van der Waals surface area contributed by atoms with Gasteiger partial charge in [-0.25, -0.2) is 8.78 Å². The minimum atomic E-state index is -2.28. The van der Waals surface area contributed by atoms with Crippen molar-refractivity contribution in [1.82, 2.24) is 19.7 Å². The Labute approximate surface area is 180 Å². The van der Waals surface area contributed by atoms with Crippen molar-refractivity contribution < 1.29 is 16.3 Å². The number of halogens is 2. The first-order valence-corrected chi connectivity index (χ1v) is 9.92. The molecule has 0 saturated heterocycles. The number of amides is 1. The van der Waals surface area contributed by atoms with Gasteiger partial charge in [0.25, 0.3) is 5.91 Å². The third-order valence-electron chi connectivity index (χ3n) is 5.42.